The van der Waals surface area contributed by atoms with Crippen LogP contribution in [-0.4, -0.2) is 40.9 Å². The molecule has 1 heterocycles. The van der Waals surface area contributed by atoms with Gasteiger partial charge >= 0.3 is 5.97 Å². The number of carboxylic acids is 1. The zero-order valence-electron chi connectivity index (χ0n) is 11.4. The molecule has 0 amide bonds. The number of carbonyl (C=O) groups excluding carboxylic acids is 1. The van der Waals surface area contributed by atoms with E-state index < -0.39 is 5.97 Å². The molecule has 1 aliphatic heterocycles. The Morgan fingerprint density at radius 2 is 1.80 bits per heavy atom. The smallest absolute Gasteiger partial charge is 0.306 e. The number of benzene rings is 1. The monoisotopic (exact) mass is 295 g/mol. The number of aliphatic carboxylic acids is 1. The Kier molecular flexibility index (Phi) is 4.78. The summed E-state index contributed by atoms with van der Waals surface area (Å²) in [5.74, 6) is -0.958. The minimum atomic E-state index is -0.735. The highest BCUT2D eigenvalue weighted by Gasteiger charge is 2.29. The standard InChI is InChI=1S/C15H18ClNO3/c1-10(14(18)11-2-4-13(16)5-3-11)17-8-6-12(7-9-17)15(19)20/h2-5,10,12H,6-9H2,1H3,(H,19,20). The molecular weight excluding hydrogens is 278 g/mol. The SMILES string of the molecule is CC(C(=O)c1ccc(Cl)cc1)N1CCC(C(=O)O)CC1. The summed E-state index contributed by atoms with van der Waals surface area (Å²) in [6, 6.07) is 6.64. The molecule has 1 N–H and O–H groups in total. The highest BCUT2D eigenvalue weighted by atomic mass is 35.5. The largest absolute Gasteiger partial charge is 0.481 e. The predicted octanol–water partition coefficient (Wildman–Crippen LogP) is 2.71. The van der Waals surface area contributed by atoms with Gasteiger partial charge in [0.25, 0.3) is 0 Å². The van der Waals surface area contributed by atoms with Gasteiger partial charge in [0.2, 0.25) is 0 Å². The third-order valence-electron chi connectivity index (χ3n) is 3.93. The number of halogens is 1. The first kappa shape index (κ1) is 15.0. The Morgan fingerprint density at radius 1 is 1.25 bits per heavy atom. The highest BCUT2D eigenvalue weighted by molar-refractivity contribution is 6.30. The summed E-state index contributed by atoms with van der Waals surface area (Å²) in [4.78, 5) is 25.3. The zero-order chi connectivity index (χ0) is 14.7. The van der Waals surface area contributed by atoms with Crippen LogP contribution in [0.5, 0.6) is 0 Å². The van der Waals surface area contributed by atoms with Crippen molar-refractivity contribution in [2.45, 2.75) is 25.8 Å². The highest BCUT2D eigenvalue weighted by Crippen LogP contribution is 2.21. The van der Waals surface area contributed by atoms with Gasteiger partial charge in [-0.25, -0.2) is 0 Å². The molecule has 0 aromatic heterocycles. The summed E-state index contributed by atoms with van der Waals surface area (Å²) >= 11 is 5.81. The number of nitrogens with zero attached hydrogens (tertiary/aromatic N) is 1. The molecule has 20 heavy (non-hydrogen) atoms. The molecule has 0 radical (unpaired) electrons. The molecule has 1 unspecified atom stereocenters. The molecule has 108 valence electrons. The van der Waals surface area contributed by atoms with Crippen LogP contribution in [0.4, 0.5) is 0 Å². The summed E-state index contributed by atoms with van der Waals surface area (Å²) in [7, 11) is 0. The van der Waals surface area contributed by atoms with E-state index in [2.05, 4.69) is 4.90 Å². The van der Waals surface area contributed by atoms with Crippen LogP contribution >= 0.6 is 11.6 Å². The van der Waals surface area contributed by atoms with Gasteiger partial charge in [-0.05, 0) is 57.1 Å². The number of rotatable bonds is 4. The quantitative estimate of drug-likeness (QED) is 0.868. The van der Waals surface area contributed by atoms with E-state index in [4.69, 9.17) is 16.7 Å². The molecule has 1 fully saturated rings. The average Bonchev–Trinajstić information content (AvgIpc) is 2.46. The minimum absolute atomic E-state index is 0.0513. The topological polar surface area (TPSA) is 57.6 Å². The first-order chi connectivity index (χ1) is 9.49. The second kappa shape index (κ2) is 6.37. The van der Waals surface area contributed by atoms with E-state index in [1.54, 1.807) is 24.3 Å². The predicted molar refractivity (Wildman–Crippen MR) is 77.2 cm³/mol. The number of hydrogen-bond acceptors (Lipinski definition) is 3. The van der Waals surface area contributed by atoms with Crippen LogP contribution in [0.15, 0.2) is 24.3 Å². The second-order valence-corrected chi connectivity index (χ2v) is 5.63. The molecule has 0 aliphatic carbocycles. The maximum atomic E-state index is 12.4. The first-order valence-corrected chi connectivity index (χ1v) is 7.13. The van der Waals surface area contributed by atoms with E-state index in [1.807, 2.05) is 6.92 Å². The summed E-state index contributed by atoms with van der Waals surface area (Å²) in [5, 5.41) is 9.59. The molecule has 1 saturated heterocycles. The van der Waals surface area contributed by atoms with Crippen LogP contribution in [0.25, 0.3) is 0 Å². The molecule has 4 nitrogen and oxygen atoms in total. The van der Waals surface area contributed by atoms with Gasteiger partial charge in [-0.2, -0.15) is 0 Å². The first-order valence-electron chi connectivity index (χ1n) is 6.75. The fourth-order valence-corrected chi connectivity index (χ4v) is 2.68. The third-order valence-corrected chi connectivity index (χ3v) is 4.19. The molecular formula is C15H18ClNO3. The van der Waals surface area contributed by atoms with Crippen LogP contribution < -0.4 is 0 Å². The molecule has 0 saturated carbocycles. The number of Topliss-reactive ketones (excluding diaryl/α,β-unsaturated/α-hetero) is 1. The summed E-state index contributed by atoms with van der Waals surface area (Å²) < 4.78 is 0. The molecule has 1 aromatic rings. The van der Waals surface area contributed by atoms with Crippen molar-refractivity contribution in [1.29, 1.82) is 0 Å². The third kappa shape index (κ3) is 3.38. The summed E-state index contributed by atoms with van der Waals surface area (Å²) in [5.41, 5.74) is 0.641. The maximum Gasteiger partial charge on any atom is 0.306 e. The minimum Gasteiger partial charge on any atom is -0.481 e. The fraction of sp³-hybridized carbons (Fsp3) is 0.467. The van der Waals surface area contributed by atoms with E-state index in [0.29, 0.717) is 36.5 Å². The van der Waals surface area contributed by atoms with E-state index in [1.165, 1.54) is 0 Å². The van der Waals surface area contributed by atoms with Crippen molar-refractivity contribution >= 4 is 23.4 Å². The van der Waals surface area contributed by atoms with Crippen molar-refractivity contribution in [2.24, 2.45) is 5.92 Å². The second-order valence-electron chi connectivity index (χ2n) is 5.20. The van der Waals surface area contributed by atoms with Gasteiger partial charge in [0, 0.05) is 10.6 Å². The van der Waals surface area contributed by atoms with Crippen molar-refractivity contribution in [3.8, 4) is 0 Å². The van der Waals surface area contributed by atoms with Gasteiger partial charge in [-0.15, -0.1) is 0 Å². The lowest BCUT2D eigenvalue weighted by molar-refractivity contribution is -0.143. The van der Waals surface area contributed by atoms with E-state index >= 15 is 0 Å². The van der Waals surface area contributed by atoms with E-state index in [0.717, 1.165) is 0 Å². The van der Waals surface area contributed by atoms with Crippen LogP contribution in [0.2, 0.25) is 5.02 Å². The summed E-state index contributed by atoms with van der Waals surface area (Å²) in [6.07, 6.45) is 1.21. The van der Waals surface area contributed by atoms with Crippen molar-refractivity contribution in [2.75, 3.05) is 13.1 Å². The van der Waals surface area contributed by atoms with Crippen LogP contribution in [-0.2, 0) is 4.79 Å². The lowest BCUT2D eigenvalue weighted by Gasteiger charge is -2.33. The maximum absolute atomic E-state index is 12.4. The molecule has 1 aliphatic rings. The van der Waals surface area contributed by atoms with Crippen molar-refractivity contribution in [1.82, 2.24) is 4.90 Å². The Morgan fingerprint density at radius 3 is 2.30 bits per heavy atom. The lowest BCUT2D eigenvalue weighted by Crippen LogP contribution is -2.45. The van der Waals surface area contributed by atoms with Gasteiger partial charge in [0.15, 0.2) is 5.78 Å². The van der Waals surface area contributed by atoms with Gasteiger partial charge in [-0.3, -0.25) is 14.5 Å². The van der Waals surface area contributed by atoms with E-state index in [9.17, 15) is 9.59 Å². The normalized spacial score (nSPS) is 18.7. The molecule has 1 aromatic carbocycles. The Hall–Kier alpha value is -1.39. The average molecular weight is 296 g/mol. The Bertz CT molecular complexity index is 492. The van der Waals surface area contributed by atoms with Crippen molar-refractivity contribution in [3.05, 3.63) is 34.9 Å². The number of hydrogen-bond donors (Lipinski definition) is 1. The van der Waals surface area contributed by atoms with Crippen molar-refractivity contribution in [3.63, 3.8) is 0 Å². The van der Waals surface area contributed by atoms with E-state index in [-0.39, 0.29) is 17.7 Å². The number of carboxylic acid groups (broad SMARTS) is 1. The fourth-order valence-electron chi connectivity index (χ4n) is 2.55. The lowest BCUT2D eigenvalue weighted by atomic mass is 9.94. The molecule has 0 spiro atoms. The van der Waals surface area contributed by atoms with Gasteiger partial charge in [-0.1, -0.05) is 11.6 Å². The van der Waals surface area contributed by atoms with Crippen LogP contribution in [0, 0.1) is 5.92 Å². The summed E-state index contributed by atoms with van der Waals surface area (Å²) in [6.45, 7) is 3.17. The number of likely N-dealkylation sites (tertiary alicyclic amines) is 1. The van der Waals surface area contributed by atoms with Gasteiger partial charge in [0.1, 0.15) is 0 Å². The zero-order valence-corrected chi connectivity index (χ0v) is 12.1. The number of ketones is 1. The van der Waals surface area contributed by atoms with Gasteiger partial charge < -0.3 is 5.11 Å². The Labute approximate surface area is 123 Å². The molecule has 5 heteroatoms. The molecule has 2 rings (SSSR count). The number of carbonyl (C=O) groups is 2. The molecule has 1 atom stereocenters. The Balaban J connectivity index is 1.98. The van der Waals surface area contributed by atoms with Crippen LogP contribution in [0.3, 0.4) is 0 Å². The van der Waals surface area contributed by atoms with Gasteiger partial charge in [0.05, 0.1) is 12.0 Å². The van der Waals surface area contributed by atoms with Crippen molar-refractivity contribution < 1.29 is 14.7 Å². The molecule has 0 bridgehead atoms. The van der Waals surface area contributed by atoms with Crippen LogP contribution in [0.1, 0.15) is 30.1 Å². The number of piperidine rings is 1.